The Morgan fingerprint density at radius 3 is 2.63 bits per heavy atom. The lowest BCUT2D eigenvalue weighted by molar-refractivity contribution is -0.137. The summed E-state index contributed by atoms with van der Waals surface area (Å²) in [6, 6.07) is 4.82. The summed E-state index contributed by atoms with van der Waals surface area (Å²) in [6.07, 6.45) is -4.17. The summed E-state index contributed by atoms with van der Waals surface area (Å²) in [7, 11) is -4.25. The number of aliphatic hydroxyl groups excluding tert-OH is 1. The van der Waals surface area contributed by atoms with Crippen LogP contribution in [0.2, 0.25) is 0 Å². The molecule has 6 nitrogen and oxygen atoms in total. The molecular formula is C17H24F3N2O4S. The van der Waals surface area contributed by atoms with Gasteiger partial charge in [0.15, 0.2) is 5.37 Å². The van der Waals surface area contributed by atoms with Crippen molar-refractivity contribution in [1.29, 1.82) is 0 Å². The quantitative estimate of drug-likeness (QED) is 0.673. The number of nitrogens with zero attached hydrogens (tertiary/aromatic N) is 2. The van der Waals surface area contributed by atoms with E-state index in [0.717, 1.165) is 12.1 Å². The average molecular weight is 409 g/mol. The van der Waals surface area contributed by atoms with Crippen LogP contribution in [0.15, 0.2) is 24.3 Å². The molecule has 1 heterocycles. The van der Waals surface area contributed by atoms with Gasteiger partial charge in [-0.15, -0.1) is 0 Å². The summed E-state index contributed by atoms with van der Waals surface area (Å²) < 4.78 is 70.7. The van der Waals surface area contributed by atoms with Crippen LogP contribution in [0.1, 0.15) is 30.4 Å². The number of hydrogen-bond donors (Lipinski definition) is 2. The van der Waals surface area contributed by atoms with Gasteiger partial charge in [0.05, 0.1) is 11.7 Å². The maximum Gasteiger partial charge on any atom is 0.416 e. The molecule has 0 bridgehead atoms. The number of aliphatic hydroxyl groups is 1. The molecule has 0 spiro atoms. The minimum Gasteiger partial charge on any atom is -0.393 e. The van der Waals surface area contributed by atoms with Crippen molar-refractivity contribution in [2.75, 3.05) is 19.6 Å². The van der Waals surface area contributed by atoms with E-state index in [1.54, 1.807) is 5.01 Å². The molecule has 10 heteroatoms. The zero-order valence-electron chi connectivity index (χ0n) is 14.8. The fourth-order valence-corrected chi connectivity index (χ4v) is 4.29. The topological polar surface area (TPSA) is 81.1 Å². The van der Waals surface area contributed by atoms with Gasteiger partial charge in [0, 0.05) is 19.6 Å². The van der Waals surface area contributed by atoms with Crippen LogP contribution in [0, 0.1) is 6.92 Å². The lowest BCUT2D eigenvalue weighted by Crippen LogP contribution is -2.55. The van der Waals surface area contributed by atoms with Crippen LogP contribution >= 0.6 is 0 Å². The van der Waals surface area contributed by atoms with Gasteiger partial charge in [0.25, 0.3) is 10.1 Å². The molecule has 2 N–H and O–H groups in total. The smallest absolute Gasteiger partial charge is 0.393 e. The zero-order valence-corrected chi connectivity index (χ0v) is 15.6. The Morgan fingerprint density at radius 2 is 2.04 bits per heavy atom. The molecule has 1 fully saturated rings. The molecule has 0 amide bonds. The summed E-state index contributed by atoms with van der Waals surface area (Å²) >= 11 is 0. The second-order valence-electron chi connectivity index (χ2n) is 6.57. The minimum atomic E-state index is -4.44. The lowest BCUT2D eigenvalue weighted by atomic mass is 10.0. The third-order valence-electron chi connectivity index (χ3n) is 4.58. The van der Waals surface area contributed by atoms with Crippen molar-refractivity contribution in [1.82, 2.24) is 10.0 Å². The third-order valence-corrected chi connectivity index (χ3v) is 5.75. The van der Waals surface area contributed by atoms with Gasteiger partial charge >= 0.3 is 6.18 Å². The molecule has 1 aliphatic heterocycles. The molecule has 2 unspecified atom stereocenters. The van der Waals surface area contributed by atoms with E-state index in [4.69, 9.17) is 0 Å². The highest BCUT2D eigenvalue weighted by Gasteiger charge is 2.36. The molecule has 1 aromatic rings. The van der Waals surface area contributed by atoms with Crippen molar-refractivity contribution in [3.63, 3.8) is 0 Å². The number of alkyl halides is 3. The van der Waals surface area contributed by atoms with Crippen molar-refractivity contribution < 1.29 is 31.2 Å². The standard InChI is InChI=1S/C17H24F3N2O4S/c1-2-22-16(27(24,25)26)7-4-9-21(22)10-8-15(23)12-13-5-3-6-14(11-13)17(18,19)20/h3,5-6,11,15-16,23H,1-2,4,7-10,12H2,(H,24,25,26). The molecule has 0 saturated carbocycles. The average Bonchev–Trinajstić information content (AvgIpc) is 2.58. The molecule has 0 aliphatic carbocycles. The molecule has 1 saturated heterocycles. The van der Waals surface area contributed by atoms with Crippen LogP contribution in [0.25, 0.3) is 0 Å². The Hall–Kier alpha value is -1.20. The predicted molar refractivity (Wildman–Crippen MR) is 94.0 cm³/mol. The highest BCUT2D eigenvalue weighted by atomic mass is 32.2. The van der Waals surface area contributed by atoms with Gasteiger partial charge in [-0.05, 0) is 44.2 Å². The Bertz CT molecular complexity index is 727. The second-order valence-corrected chi connectivity index (χ2v) is 8.15. The Kier molecular flexibility index (Phi) is 7.26. The first-order chi connectivity index (χ1) is 12.5. The number of hydrogen-bond acceptors (Lipinski definition) is 5. The minimum absolute atomic E-state index is 0.0594. The van der Waals surface area contributed by atoms with Gasteiger partial charge in [0.2, 0.25) is 0 Å². The van der Waals surface area contributed by atoms with Crippen molar-refractivity contribution >= 4 is 10.1 Å². The van der Waals surface area contributed by atoms with Crippen molar-refractivity contribution in [2.45, 2.75) is 43.3 Å². The second kappa shape index (κ2) is 8.87. The van der Waals surface area contributed by atoms with E-state index in [1.165, 1.54) is 17.1 Å². The monoisotopic (exact) mass is 409 g/mol. The molecule has 0 aromatic heterocycles. The number of rotatable bonds is 7. The van der Waals surface area contributed by atoms with Crippen LogP contribution in [0.4, 0.5) is 13.2 Å². The number of benzene rings is 1. The SMILES string of the molecule is [CH2]CN1C(S(=O)(=O)O)CCCN1CCC(O)Cc1cccc(C(F)(F)F)c1. The van der Waals surface area contributed by atoms with E-state index in [-0.39, 0.29) is 25.8 Å². The van der Waals surface area contributed by atoms with E-state index >= 15 is 0 Å². The highest BCUT2D eigenvalue weighted by Crippen LogP contribution is 2.30. The van der Waals surface area contributed by atoms with Gasteiger partial charge in [-0.3, -0.25) is 4.55 Å². The molecule has 1 aromatic carbocycles. The van der Waals surface area contributed by atoms with Gasteiger partial charge in [-0.1, -0.05) is 18.2 Å². The third kappa shape index (κ3) is 6.15. The summed E-state index contributed by atoms with van der Waals surface area (Å²) in [6.45, 7) is 4.68. The summed E-state index contributed by atoms with van der Waals surface area (Å²) in [5, 5.41) is 12.3. The number of halogens is 3. The Balaban J connectivity index is 1.96. The Morgan fingerprint density at radius 1 is 1.33 bits per heavy atom. The Labute approximate surface area is 157 Å². The lowest BCUT2D eigenvalue weighted by Gasteiger charge is -2.42. The van der Waals surface area contributed by atoms with Crippen LogP contribution in [-0.2, 0) is 22.7 Å². The van der Waals surface area contributed by atoms with Gasteiger partial charge in [-0.2, -0.15) is 21.6 Å². The molecule has 1 aliphatic rings. The van der Waals surface area contributed by atoms with Crippen LogP contribution < -0.4 is 0 Å². The first kappa shape index (κ1) is 22.1. The molecule has 2 rings (SSSR count). The summed E-state index contributed by atoms with van der Waals surface area (Å²) in [5.74, 6) is 0. The van der Waals surface area contributed by atoms with E-state index in [0.29, 0.717) is 25.1 Å². The van der Waals surface area contributed by atoms with Crippen LogP contribution in [0.3, 0.4) is 0 Å². The van der Waals surface area contributed by atoms with E-state index < -0.39 is 33.3 Å². The normalized spacial score (nSPS) is 21.3. The van der Waals surface area contributed by atoms with Crippen molar-refractivity contribution in [2.24, 2.45) is 0 Å². The first-order valence-electron chi connectivity index (χ1n) is 8.63. The van der Waals surface area contributed by atoms with Gasteiger partial charge in [-0.25, -0.2) is 10.0 Å². The highest BCUT2D eigenvalue weighted by molar-refractivity contribution is 7.86. The van der Waals surface area contributed by atoms with Gasteiger partial charge < -0.3 is 5.11 Å². The fourth-order valence-electron chi connectivity index (χ4n) is 3.28. The van der Waals surface area contributed by atoms with Crippen molar-refractivity contribution in [3.05, 3.63) is 42.3 Å². The fraction of sp³-hybridized carbons (Fsp3) is 0.588. The molecule has 153 valence electrons. The molecule has 27 heavy (non-hydrogen) atoms. The largest absolute Gasteiger partial charge is 0.416 e. The first-order valence-corrected chi connectivity index (χ1v) is 10.1. The van der Waals surface area contributed by atoms with E-state index in [1.807, 2.05) is 0 Å². The molecule has 2 atom stereocenters. The number of hydrazine groups is 1. The summed E-state index contributed by atoms with van der Waals surface area (Å²) in [5.41, 5.74) is -0.386. The molecule has 1 radical (unpaired) electrons. The van der Waals surface area contributed by atoms with E-state index in [9.17, 15) is 31.2 Å². The van der Waals surface area contributed by atoms with Gasteiger partial charge in [0.1, 0.15) is 0 Å². The predicted octanol–water partition coefficient (Wildman–Crippen LogP) is 2.36. The maximum absolute atomic E-state index is 12.8. The maximum atomic E-state index is 12.8. The molecular weight excluding hydrogens is 385 g/mol. The summed E-state index contributed by atoms with van der Waals surface area (Å²) in [4.78, 5) is 0. The zero-order chi connectivity index (χ0) is 20.2. The van der Waals surface area contributed by atoms with Crippen molar-refractivity contribution in [3.8, 4) is 0 Å². The van der Waals surface area contributed by atoms with Crippen LogP contribution in [-0.4, -0.2) is 59.2 Å². The van der Waals surface area contributed by atoms with Crippen LogP contribution in [0.5, 0.6) is 0 Å². The van der Waals surface area contributed by atoms with E-state index in [2.05, 4.69) is 6.92 Å².